The van der Waals surface area contributed by atoms with E-state index in [0.717, 1.165) is 17.0 Å². The summed E-state index contributed by atoms with van der Waals surface area (Å²) in [4.78, 5) is 12.1. The number of carbonyl (C=O) groups is 1. The second-order valence-electron chi connectivity index (χ2n) is 5.53. The zero-order valence-electron chi connectivity index (χ0n) is 13.9. The number of aryl methyl sites for hydroxylation is 1. The van der Waals surface area contributed by atoms with Gasteiger partial charge in [0.1, 0.15) is 0 Å². The van der Waals surface area contributed by atoms with Crippen LogP contribution in [0.25, 0.3) is 11.4 Å². The third-order valence-electron chi connectivity index (χ3n) is 3.66. The molecule has 0 aliphatic carbocycles. The molecule has 0 radical (unpaired) electrons. The molecule has 1 aromatic heterocycles. The first-order valence-corrected chi connectivity index (χ1v) is 9.04. The molecule has 7 heteroatoms. The molecule has 2 aromatic carbocycles. The highest BCUT2D eigenvalue weighted by Gasteiger charge is 2.14. The first-order valence-electron chi connectivity index (χ1n) is 7.68. The van der Waals surface area contributed by atoms with Crippen molar-refractivity contribution in [2.75, 3.05) is 11.1 Å². The molecule has 0 saturated heterocycles. The number of halogens is 1. The average molecular weight is 373 g/mol. The standard InChI is InChI=1S/C18H17ClN4OS/c1-12-6-3-4-9-15(12)17-21-22-18(23(17)2)25-11-16(24)20-14-8-5-7-13(19)10-14/h3-10H,11H2,1-2H3,(H,20,24). The van der Waals surface area contributed by atoms with Crippen molar-refractivity contribution in [3.05, 3.63) is 59.1 Å². The molecule has 0 aliphatic rings. The van der Waals surface area contributed by atoms with Crippen LogP contribution in [-0.4, -0.2) is 26.4 Å². The van der Waals surface area contributed by atoms with E-state index in [-0.39, 0.29) is 11.7 Å². The summed E-state index contributed by atoms with van der Waals surface area (Å²) in [6.07, 6.45) is 0. The zero-order valence-corrected chi connectivity index (χ0v) is 15.4. The van der Waals surface area contributed by atoms with E-state index in [0.29, 0.717) is 15.9 Å². The summed E-state index contributed by atoms with van der Waals surface area (Å²) < 4.78 is 1.90. The van der Waals surface area contributed by atoms with Crippen LogP contribution < -0.4 is 5.32 Å². The lowest BCUT2D eigenvalue weighted by atomic mass is 10.1. The molecule has 0 saturated carbocycles. The topological polar surface area (TPSA) is 59.8 Å². The van der Waals surface area contributed by atoms with Gasteiger partial charge in [0.2, 0.25) is 5.91 Å². The number of benzene rings is 2. The Kier molecular flexibility index (Phi) is 5.40. The summed E-state index contributed by atoms with van der Waals surface area (Å²) in [5.74, 6) is 0.912. The van der Waals surface area contributed by atoms with Crippen molar-refractivity contribution >= 4 is 35.0 Å². The smallest absolute Gasteiger partial charge is 0.234 e. The summed E-state index contributed by atoms with van der Waals surface area (Å²) in [6, 6.07) is 15.1. The predicted octanol–water partition coefficient (Wildman–Crippen LogP) is 4.17. The molecule has 0 atom stereocenters. The minimum absolute atomic E-state index is 0.118. The SMILES string of the molecule is Cc1ccccc1-c1nnc(SCC(=O)Nc2cccc(Cl)c2)n1C. The summed E-state index contributed by atoms with van der Waals surface area (Å²) >= 11 is 7.26. The number of amides is 1. The van der Waals surface area contributed by atoms with Crippen LogP contribution in [0.1, 0.15) is 5.56 Å². The highest BCUT2D eigenvalue weighted by molar-refractivity contribution is 7.99. The van der Waals surface area contributed by atoms with Gasteiger partial charge in [0.05, 0.1) is 5.75 Å². The molecular formula is C18H17ClN4OS. The molecule has 0 aliphatic heterocycles. The summed E-state index contributed by atoms with van der Waals surface area (Å²) in [5.41, 5.74) is 2.85. The molecule has 0 bridgehead atoms. The lowest BCUT2D eigenvalue weighted by molar-refractivity contribution is -0.113. The van der Waals surface area contributed by atoms with Crippen LogP contribution in [0.2, 0.25) is 5.02 Å². The molecule has 0 spiro atoms. The fraction of sp³-hybridized carbons (Fsp3) is 0.167. The van der Waals surface area contributed by atoms with Crippen molar-refractivity contribution in [3.8, 4) is 11.4 Å². The van der Waals surface area contributed by atoms with Crippen molar-refractivity contribution in [1.29, 1.82) is 0 Å². The van der Waals surface area contributed by atoms with Gasteiger partial charge in [-0.2, -0.15) is 0 Å². The Morgan fingerprint density at radius 1 is 1.20 bits per heavy atom. The molecule has 3 rings (SSSR count). The number of hydrogen-bond donors (Lipinski definition) is 1. The van der Waals surface area contributed by atoms with E-state index in [4.69, 9.17) is 11.6 Å². The number of hydrogen-bond acceptors (Lipinski definition) is 4. The number of anilines is 1. The molecule has 1 amide bonds. The summed E-state index contributed by atoms with van der Waals surface area (Å²) in [7, 11) is 1.90. The molecule has 3 aromatic rings. The van der Waals surface area contributed by atoms with E-state index < -0.39 is 0 Å². The highest BCUT2D eigenvalue weighted by atomic mass is 35.5. The van der Waals surface area contributed by atoms with Gasteiger partial charge in [-0.15, -0.1) is 10.2 Å². The van der Waals surface area contributed by atoms with Gasteiger partial charge in [-0.05, 0) is 30.7 Å². The van der Waals surface area contributed by atoms with Crippen LogP contribution in [-0.2, 0) is 11.8 Å². The van der Waals surface area contributed by atoms with Gasteiger partial charge in [0.15, 0.2) is 11.0 Å². The van der Waals surface area contributed by atoms with Crippen molar-refractivity contribution in [3.63, 3.8) is 0 Å². The lowest BCUT2D eigenvalue weighted by Gasteiger charge is -2.07. The molecule has 5 nitrogen and oxygen atoms in total. The Bertz CT molecular complexity index is 910. The minimum Gasteiger partial charge on any atom is -0.325 e. The van der Waals surface area contributed by atoms with E-state index in [9.17, 15) is 4.79 Å². The van der Waals surface area contributed by atoms with Gasteiger partial charge in [-0.1, -0.05) is 53.7 Å². The van der Waals surface area contributed by atoms with Crippen LogP contribution in [0, 0.1) is 6.92 Å². The molecule has 1 heterocycles. The minimum atomic E-state index is -0.118. The number of nitrogens with zero attached hydrogens (tertiary/aromatic N) is 3. The maximum absolute atomic E-state index is 12.1. The van der Waals surface area contributed by atoms with E-state index in [1.165, 1.54) is 11.8 Å². The van der Waals surface area contributed by atoms with Gasteiger partial charge in [-0.25, -0.2) is 0 Å². The first-order chi connectivity index (χ1) is 12.0. The van der Waals surface area contributed by atoms with Crippen molar-refractivity contribution in [2.45, 2.75) is 12.1 Å². The fourth-order valence-corrected chi connectivity index (χ4v) is 3.29. The van der Waals surface area contributed by atoms with Crippen LogP contribution in [0.15, 0.2) is 53.7 Å². The van der Waals surface area contributed by atoms with Gasteiger partial charge < -0.3 is 9.88 Å². The van der Waals surface area contributed by atoms with Gasteiger partial charge in [0, 0.05) is 23.3 Å². The maximum Gasteiger partial charge on any atom is 0.234 e. The zero-order chi connectivity index (χ0) is 17.8. The van der Waals surface area contributed by atoms with Crippen molar-refractivity contribution in [1.82, 2.24) is 14.8 Å². The Balaban J connectivity index is 1.66. The largest absolute Gasteiger partial charge is 0.325 e. The molecule has 25 heavy (non-hydrogen) atoms. The van der Waals surface area contributed by atoms with Crippen LogP contribution >= 0.6 is 23.4 Å². The van der Waals surface area contributed by atoms with Crippen LogP contribution in [0.5, 0.6) is 0 Å². The van der Waals surface area contributed by atoms with Crippen molar-refractivity contribution in [2.24, 2.45) is 7.05 Å². The van der Waals surface area contributed by atoms with Gasteiger partial charge in [-0.3, -0.25) is 4.79 Å². The lowest BCUT2D eigenvalue weighted by Crippen LogP contribution is -2.14. The fourth-order valence-electron chi connectivity index (χ4n) is 2.39. The second-order valence-corrected chi connectivity index (χ2v) is 6.91. The quantitative estimate of drug-likeness (QED) is 0.683. The predicted molar refractivity (Wildman–Crippen MR) is 102 cm³/mol. The number of thioether (sulfide) groups is 1. The van der Waals surface area contributed by atoms with Gasteiger partial charge >= 0.3 is 0 Å². The number of aromatic nitrogens is 3. The molecule has 128 valence electrons. The molecule has 0 unspecified atom stereocenters. The van der Waals surface area contributed by atoms with E-state index >= 15 is 0 Å². The number of nitrogens with one attached hydrogen (secondary N) is 1. The van der Waals surface area contributed by atoms with Gasteiger partial charge in [0.25, 0.3) is 0 Å². The molecule has 0 fully saturated rings. The number of carbonyl (C=O) groups excluding carboxylic acids is 1. The highest BCUT2D eigenvalue weighted by Crippen LogP contribution is 2.25. The average Bonchev–Trinajstić information content (AvgIpc) is 2.94. The van der Waals surface area contributed by atoms with Crippen LogP contribution in [0.3, 0.4) is 0 Å². The first kappa shape index (κ1) is 17.5. The summed E-state index contributed by atoms with van der Waals surface area (Å²) in [6.45, 7) is 2.04. The maximum atomic E-state index is 12.1. The third kappa shape index (κ3) is 4.21. The van der Waals surface area contributed by atoms with Crippen molar-refractivity contribution < 1.29 is 4.79 Å². The molecular weight excluding hydrogens is 356 g/mol. The monoisotopic (exact) mass is 372 g/mol. The van der Waals surface area contributed by atoms with E-state index in [1.54, 1.807) is 24.3 Å². The van der Waals surface area contributed by atoms with Crippen LogP contribution in [0.4, 0.5) is 5.69 Å². The van der Waals surface area contributed by atoms with E-state index in [1.807, 2.05) is 42.8 Å². The summed E-state index contributed by atoms with van der Waals surface area (Å²) in [5, 5.41) is 12.6. The Morgan fingerprint density at radius 2 is 2.00 bits per heavy atom. The Labute approximate surface area is 155 Å². The second kappa shape index (κ2) is 7.72. The molecule has 1 N–H and O–H groups in total. The van der Waals surface area contributed by atoms with E-state index in [2.05, 4.69) is 15.5 Å². The Morgan fingerprint density at radius 3 is 2.76 bits per heavy atom. The Hall–Kier alpha value is -2.31. The third-order valence-corrected chi connectivity index (χ3v) is 4.92. The number of rotatable bonds is 5. The normalized spacial score (nSPS) is 10.7.